The van der Waals surface area contributed by atoms with E-state index in [1.165, 1.54) is 71.0 Å². The largest absolute Gasteiger partial charge is 0.342 e. The Kier molecular flexibility index (Phi) is 5.53. The summed E-state index contributed by atoms with van der Waals surface area (Å²) in [6.45, 7) is 6.37. The molecule has 1 N–H and O–H groups in total. The normalized spacial score (nSPS) is 25.8. The minimum Gasteiger partial charge on any atom is -0.342 e. The second kappa shape index (κ2) is 7.59. The molecular formula is C17H31N3O. The van der Waals surface area contributed by atoms with Crippen LogP contribution in [0.2, 0.25) is 0 Å². The minimum atomic E-state index is 0.321. The van der Waals surface area contributed by atoms with E-state index in [4.69, 9.17) is 0 Å². The first kappa shape index (κ1) is 15.3. The molecular weight excluding hydrogens is 262 g/mol. The van der Waals surface area contributed by atoms with Crippen LogP contribution in [0.5, 0.6) is 0 Å². The highest BCUT2D eigenvalue weighted by Gasteiger charge is 2.25. The molecule has 0 unspecified atom stereocenters. The number of carbonyl (C=O) groups excluding carboxylic acids is 1. The molecule has 2 aliphatic heterocycles. The summed E-state index contributed by atoms with van der Waals surface area (Å²) in [6.07, 6.45) is 10.3. The zero-order valence-corrected chi connectivity index (χ0v) is 13.4. The SMILES string of the molecule is O=C(CNC1CCCC1)N1CCC(CN2CCCC2)CC1. The summed E-state index contributed by atoms with van der Waals surface area (Å²) in [4.78, 5) is 17.0. The van der Waals surface area contributed by atoms with Gasteiger partial charge in [0.1, 0.15) is 0 Å². The van der Waals surface area contributed by atoms with Gasteiger partial charge in [0.05, 0.1) is 6.54 Å². The second-order valence-corrected chi connectivity index (χ2v) is 7.19. The molecule has 21 heavy (non-hydrogen) atoms. The van der Waals surface area contributed by atoms with Crippen molar-refractivity contribution in [1.82, 2.24) is 15.1 Å². The zero-order chi connectivity index (χ0) is 14.5. The van der Waals surface area contributed by atoms with Crippen molar-refractivity contribution in [3.8, 4) is 0 Å². The predicted molar refractivity (Wildman–Crippen MR) is 85.2 cm³/mol. The maximum atomic E-state index is 12.3. The third-order valence-corrected chi connectivity index (χ3v) is 5.58. The molecule has 1 saturated carbocycles. The molecule has 3 rings (SSSR count). The molecule has 2 saturated heterocycles. The van der Waals surface area contributed by atoms with E-state index in [0.717, 1.165) is 19.0 Å². The number of nitrogens with one attached hydrogen (secondary N) is 1. The van der Waals surface area contributed by atoms with Crippen molar-refractivity contribution in [2.45, 2.75) is 57.4 Å². The number of piperidine rings is 1. The van der Waals surface area contributed by atoms with Crippen LogP contribution >= 0.6 is 0 Å². The summed E-state index contributed by atoms with van der Waals surface area (Å²) in [5, 5.41) is 3.45. The number of amides is 1. The van der Waals surface area contributed by atoms with Crippen molar-refractivity contribution in [3.63, 3.8) is 0 Å². The van der Waals surface area contributed by atoms with Gasteiger partial charge in [0.15, 0.2) is 0 Å². The van der Waals surface area contributed by atoms with Gasteiger partial charge in [-0.3, -0.25) is 4.79 Å². The van der Waals surface area contributed by atoms with Gasteiger partial charge >= 0.3 is 0 Å². The van der Waals surface area contributed by atoms with E-state index in [1.54, 1.807) is 0 Å². The molecule has 1 aliphatic carbocycles. The number of hydrogen-bond donors (Lipinski definition) is 1. The lowest BCUT2D eigenvalue weighted by molar-refractivity contribution is -0.131. The molecule has 120 valence electrons. The van der Waals surface area contributed by atoms with E-state index in [2.05, 4.69) is 15.1 Å². The first-order chi connectivity index (χ1) is 10.3. The van der Waals surface area contributed by atoms with Crippen LogP contribution in [0, 0.1) is 5.92 Å². The fourth-order valence-electron chi connectivity index (χ4n) is 4.17. The van der Waals surface area contributed by atoms with E-state index in [-0.39, 0.29) is 0 Å². The van der Waals surface area contributed by atoms with Crippen LogP contribution in [-0.4, -0.2) is 61.0 Å². The molecule has 4 nitrogen and oxygen atoms in total. The Labute approximate surface area is 129 Å². The Bertz CT molecular complexity index is 327. The molecule has 0 bridgehead atoms. The summed E-state index contributed by atoms with van der Waals surface area (Å²) < 4.78 is 0. The summed E-state index contributed by atoms with van der Waals surface area (Å²) in [7, 11) is 0. The van der Waals surface area contributed by atoms with Crippen LogP contribution in [0.3, 0.4) is 0 Å². The zero-order valence-electron chi connectivity index (χ0n) is 13.4. The van der Waals surface area contributed by atoms with Gasteiger partial charge < -0.3 is 15.1 Å². The van der Waals surface area contributed by atoms with Gasteiger partial charge in [-0.25, -0.2) is 0 Å². The number of carbonyl (C=O) groups is 1. The second-order valence-electron chi connectivity index (χ2n) is 7.19. The molecule has 3 aliphatic rings. The van der Waals surface area contributed by atoms with E-state index in [0.29, 0.717) is 18.5 Å². The quantitative estimate of drug-likeness (QED) is 0.840. The van der Waals surface area contributed by atoms with E-state index >= 15 is 0 Å². The third-order valence-electron chi connectivity index (χ3n) is 5.58. The highest BCUT2D eigenvalue weighted by atomic mass is 16.2. The predicted octanol–water partition coefficient (Wildman–Crippen LogP) is 1.85. The Hall–Kier alpha value is -0.610. The maximum absolute atomic E-state index is 12.3. The molecule has 4 heteroatoms. The smallest absolute Gasteiger partial charge is 0.236 e. The number of rotatable bonds is 5. The van der Waals surface area contributed by atoms with Crippen molar-refractivity contribution >= 4 is 5.91 Å². The molecule has 3 fully saturated rings. The van der Waals surface area contributed by atoms with Crippen LogP contribution in [-0.2, 0) is 4.79 Å². The minimum absolute atomic E-state index is 0.321. The summed E-state index contributed by atoms with van der Waals surface area (Å²) in [6, 6.07) is 0.599. The summed E-state index contributed by atoms with van der Waals surface area (Å²) in [5.41, 5.74) is 0. The lowest BCUT2D eigenvalue weighted by atomic mass is 9.96. The maximum Gasteiger partial charge on any atom is 0.236 e. The molecule has 0 aromatic carbocycles. The van der Waals surface area contributed by atoms with Crippen LogP contribution in [0.15, 0.2) is 0 Å². The van der Waals surface area contributed by atoms with Gasteiger partial charge in [-0.15, -0.1) is 0 Å². The Balaban J connectivity index is 1.33. The molecule has 1 amide bonds. The molecule has 0 atom stereocenters. The first-order valence-electron chi connectivity index (χ1n) is 9.05. The van der Waals surface area contributed by atoms with Gasteiger partial charge in [0.2, 0.25) is 5.91 Å². The highest BCUT2D eigenvalue weighted by Crippen LogP contribution is 2.21. The lowest BCUT2D eigenvalue weighted by Gasteiger charge is -2.34. The van der Waals surface area contributed by atoms with Crippen LogP contribution in [0.1, 0.15) is 51.4 Å². The summed E-state index contributed by atoms with van der Waals surface area (Å²) in [5.74, 6) is 1.14. The van der Waals surface area contributed by atoms with Crippen molar-refractivity contribution in [2.75, 3.05) is 39.3 Å². The average Bonchev–Trinajstić information content (AvgIpc) is 3.19. The Morgan fingerprint density at radius 1 is 0.905 bits per heavy atom. The molecule has 0 radical (unpaired) electrons. The lowest BCUT2D eigenvalue weighted by Crippen LogP contribution is -2.45. The number of nitrogens with zero attached hydrogens (tertiary/aromatic N) is 2. The van der Waals surface area contributed by atoms with E-state index in [9.17, 15) is 4.79 Å². The van der Waals surface area contributed by atoms with Gasteiger partial charge in [-0.05, 0) is 57.5 Å². The fourth-order valence-corrected chi connectivity index (χ4v) is 4.17. The van der Waals surface area contributed by atoms with Gasteiger partial charge in [-0.2, -0.15) is 0 Å². The fraction of sp³-hybridized carbons (Fsp3) is 0.941. The number of hydrogen-bond acceptors (Lipinski definition) is 3. The Morgan fingerprint density at radius 2 is 1.57 bits per heavy atom. The standard InChI is InChI=1S/C17H31N3O/c21-17(13-18-16-5-1-2-6-16)20-11-7-15(8-12-20)14-19-9-3-4-10-19/h15-16,18H,1-14H2. The van der Waals surface area contributed by atoms with Crippen LogP contribution < -0.4 is 5.32 Å². The van der Waals surface area contributed by atoms with Gasteiger partial charge in [0.25, 0.3) is 0 Å². The van der Waals surface area contributed by atoms with Crippen molar-refractivity contribution in [3.05, 3.63) is 0 Å². The first-order valence-corrected chi connectivity index (χ1v) is 9.05. The van der Waals surface area contributed by atoms with Crippen molar-refractivity contribution in [1.29, 1.82) is 0 Å². The van der Waals surface area contributed by atoms with E-state index in [1.807, 2.05) is 0 Å². The van der Waals surface area contributed by atoms with Crippen LogP contribution in [0.4, 0.5) is 0 Å². The molecule has 0 aromatic rings. The van der Waals surface area contributed by atoms with Crippen molar-refractivity contribution < 1.29 is 4.79 Å². The van der Waals surface area contributed by atoms with Gasteiger partial charge in [0, 0.05) is 25.7 Å². The number of likely N-dealkylation sites (tertiary alicyclic amines) is 2. The topological polar surface area (TPSA) is 35.6 Å². The van der Waals surface area contributed by atoms with Crippen LogP contribution in [0.25, 0.3) is 0 Å². The summed E-state index contributed by atoms with van der Waals surface area (Å²) >= 11 is 0. The highest BCUT2D eigenvalue weighted by molar-refractivity contribution is 5.78. The van der Waals surface area contributed by atoms with Gasteiger partial charge in [-0.1, -0.05) is 12.8 Å². The third kappa shape index (κ3) is 4.43. The monoisotopic (exact) mass is 293 g/mol. The Morgan fingerprint density at radius 3 is 2.24 bits per heavy atom. The average molecular weight is 293 g/mol. The molecule has 2 heterocycles. The van der Waals surface area contributed by atoms with E-state index < -0.39 is 0 Å². The molecule has 0 aromatic heterocycles. The molecule has 0 spiro atoms. The van der Waals surface area contributed by atoms with Crippen molar-refractivity contribution in [2.24, 2.45) is 5.92 Å².